The predicted molar refractivity (Wildman–Crippen MR) is 97.9 cm³/mol. The number of hydrogen-bond donors (Lipinski definition) is 2. The highest BCUT2D eigenvalue weighted by Crippen LogP contribution is 2.26. The number of nitrogens with two attached hydrogens (primary N) is 1. The molecule has 0 atom stereocenters. The molecule has 3 N–H and O–H groups in total. The van der Waals surface area contributed by atoms with Crippen LogP contribution >= 0.6 is 0 Å². The van der Waals surface area contributed by atoms with Crippen LogP contribution in [0.2, 0.25) is 0 Å². The van der Waals surface area contributed by atoms with E-state index in [0.29, 0.717) is 12.3 Å². The third-order valence-corrected chi connectivity index (χ3v) is 3.15. The van der Waals surface area contributed by atoms with E-state index in [9.17, 15) is 0 Å². The maximum absolute atomic E-state index is 5.80. The number of methoxy groups -OCH3 is 1. The molecule has 23 heavy (non-hydrogen) atoms. The third kappa shape index (κ3) is 5.25. The third-order valence-electron chi connectivity index (χ3n) is 3.15. The Bertz CT molecular complexity index is 639. The van der Waals surface area contributed by atoms with Gasteiger partial charge >= 0.3 is 0 Å². The Hall–Kier alpha value is -2.62. The van der Waals surface area contributed by atoms with Crippen LogP contribution in [0.1, 0.15) is 25.0 Å². The lowest BCUT2D eigenvalue weighted by Crippen LogP contribution is -2.02. The maximum atomic E-state index is 5.80. The molecule has 2 aromatic carbocycles. The summed E-state index contributed by atoms with van der Waals surface area (Å²) in [5.41, 5.74) is 9.10. The van der Waals surface area contributed by atoms with E-state index in [2.05, 4.69) is 11.9 Å². The number of hydrogen-bond acceptors (Lipinski definition) is 4. The molecule has 0 saturated heterocycles. The van der Waals surface area contributed by atoms with Crippen molar-refractivity contribution in [3.05, 3.63) is 60.2 Å². The minimum atomic E-state index is 0.475. The van der Waals surface area contributed by atoms with E-state index in [1.54, 1.807) is 7.11 Å². The molecule has 0 aliphatic heterocycles. The molecular formula is C19H26N2O2. The van der Waals surface area contributed by atoms with Crippen molar-refractivity contribution in [1.82, 2.24) is 0 Å². The van der Waals surface area contributed by atoms with Gasteiger partial charge in [0.1, 0.15) is 18.1 Å². The van der Waals surface area contributed by atoms with Gasteiger partial charge in [-0.05, 0) is 29.8 Å². The molecule has 0 fully saturated rings. The van der Waals surface area contributed by atoms with Gasteiger partial charge in [0.05, 0.1) is 7.11 Å². The van der Waals surface area contributed by atoms with Gasteiger partial charge in [0, 0.05) is 30.1 Å². The number of rotatable bonds is 6. The van der Waals surface area contributed by atoms with Crippen LogP contribution in [0.25, 0.3) is 5.70 Å². The Balaban J connectivity index is 0.00000127. The molecule has 0 unspecified atom stereocenters. The zero-order chi connectivity index (χ0) is 17.2. The number of ether oxygens (including phenoxy) is 2. The van der Waals surface area contributed by atoms with Crippen molar-refractivity contribution in [2.24, 2.45) is 5.73 Å². The first-order chi connectivity index (χ1) is 11.1. The van der Waals surface area contributed by atoms with Gasteiger partial charge < -0.3 is 20.5 Å². The van der Waals surface area contributed by atoms with E-state index in [0.717, 1.165) is 28.3 Å². The minimum absolute atomic E-state index is 0.475. The van der Waals surface area contributed by atoms with E-state index < -0.39 is 0 Å². The van der Waals surface area contributed by atoms with E-state index in [4.69, 9.17) is 15.2 Å². The van der Waals surface area contributed by atoms with Crippen molar-refractivity contribution in [2.75, 3.05) is 19.5 Å². The lowest BCUT2D eigenvalue weighted by Gasteiger charge is -2.12. The smallest absolute Gasteiger partial charge is 0.121 e. The first-order valence-electron chi connectivity index (χ1n) is 7.66. The topological polar surface area (TPSA) is 56.5 Å². The van der Waals surface area contributed by atoms with Crippen molar-refractivity contribution in [3.63, 3.8) is 0 Å². The maximum Gasteiger partial charge on any atom is 0.121 e. The summed E-state index contributed by atoms with van der Waals surface area (Å²) >= 11 is 0. The fraction of sp³-hybridized carbons (Fsp3) is 0.263. The quantitative estimate of drug-likeness (QED) is 0.836. The normalized spacial score (nSPS) is 9.39. The van der Waals surface area contributed by atoms with Crippen LogP contribution < -0.4 is 20.5 Å². The average molecular weight is 314 g/mol. The standard InChI is InChI=1S/C17H20N2O2.C2H6/c1-12(18)16-8-7-15(10-17(16)19-2)21-11-13-5-4-6-14(9-13)20-3;1-2/h4-10,19H,1,11,18H2,2-3H3;1-2H3. The second-order valence-electron chi connectivity index (χ2n) is 4.62. The fourth-order valence-electron chi connectivity index (χ4n) is 2.03. The van der Waals surface area contributed by atoms with E-state index in [1.807, 2.05) is 63.4 Å². The zero-order valence-corrected chi connectivity index (χ0v) is 14.3. The Morgan fingerprint density at radius 3 is 2.48 bits per heavy atom. The number of anilines is 1. The Kier molecular flexibility index (Phi) is 7.54. The minimum Gasteiger partial charge on any atom is -0.497 e. The van der Waals surface area contributed by atoms with Crippen molar-refractivity contribution < 1.29 is 9.47 Å². The lowest BCUT2D eigenvalue weighted by atomic mass is 10.1. The molecule has 0 saturated carbocycles. The van der Waals surface area contributed by atoms with Gasteiger partial charge in [-0.15, -0.1) is 0 Å². The van der Waals surface area contributed by atoms with Gasteiger partial charge in [0.15, 0.2) is 0 Å². The molecule has 0 spiro atoms. The SMILES string of the molecule is C=C(N)c1ccc(OCc2cccc(OC)c2)cc1NC.CC. The van der Waals surface area contributed by atoms with Gasteiger partial charge in [0.2, 0.25) is 0 Å². The molecule has 0 aliphatic rings. The number of benzene rings is 2. The monoisotopic (exact) mass is 314 g/mol. The van der Waals surface area contributed by atoms with Crippen molar-refractivity contribution in [1.29, 1.82) is 0 Å². The van der Waals surface area contributed by atoms with E-state index >= 15 is 0 Å². The van der Waals surface area contributed by atoms with Gasteiger partial charge in [-0.1, -0.05) is 32.6 Å². The molecule has 124 valence electrons. The van der Waals surface area contributed by atoms with E-state index in [-0.39, 0.29) is 0 Å². The molecule has 0 aromatic heterocycles. The van der Waals surface area contributed by atoms with Crippen LogP contribution in [0.3, 0.4) is 0 Å². The highest BCUT2D eigenvalue weighted by molar-refractivity contribution is 5.74. The Morgan fingerprint density at radius 2 is 1.87 bits per heavy atom. The molecule has 0 radical (unpaired) electrons. The molecule has 2 aromatic rings. The molecule has 0 heterocycles. The summed E-state index contributed by atoms with van der Waals surface area (Å²) in [6, 6.07) is 13.5. The van der Waals surface area contributed by atoms with Crippen LogP contribution in [0.5, 0.6) is 11.5 Å². The van der Waals surface area contributed by atoms with Gasteiger partial charge in [-0.25, -0.2) is 0 Å². The van der Waals surface area contributed by atoms with Crippen LogP contribution in [-0.4, -0.2) is 14.2 Å². The van der Waals surface area contributed by atoms with Gasteiger partial charge in [0.25, 0.3) is 0 Å². The van der Waals surface area contributed by atoms with Crippen molar-refractivity contribution >= 4 is 11.4 Å². The molecule has 0 bridgehead atoms. The van der Waals surface area contributed by atoms with Crippen molar-refractivity contribution in [2.45, 2.75) is 20.5 Å². The molecule has 4 nitrogen and oxygen atoms in total. The lowest BCUT2D eigenvalue weighted by molar-refractivity contribution is 0.305. The first kappa shape index (κ1) is 18.4. The van der Waals surface area contributed by atoms with Crippen LogP contribution in [-0.2, 0) is 6.61 Å². The molecule has 0 amide bonds. The van der Waals surface area contributed by atoms with Crippen LogP contribution in [0, 0.1) is 0 Å². The van der Waals surface area contributed by atoms with Gasteiger partial charge in [-0.2, -0.15) is 0 Å². The summed E-state index contributed by atoms with van der Waals surface area (Å²) in [5, 5.41) is 3.09. The summed E-state index contributed by atoms with van der Waals surface area (Å²) < 4.78 is 11.0. The first-order valence-corrected chi connectivity index (χ1v) is 7.66. The zero-order valence-electron chi connectivity index (χ0n) is 14.3. The summed E-state index contributed by atoms with van der Waals surface area (Å²) in [6.07, 6.45) is 0. The fourth-order valence-corrected chi connectivity index (χ4v) is 2.03. The summed E-state index contributed by atoms with van der Waals surface area (Å²) in [6.45, 7) is 8.23. The molecule has 2 rings (SSSR count). The predicted octanol–water partition coefficient (Wildman–Crippen LogP) is 4.27. The highest BCUT2D eigenvalue weighted by atomic mass is 16.5. The number of nitrogens with one attached hydrogen (secondary N) is 1. The second kappa shape index (κ2) is 9.41. The summed E-state index contributed by atoms with van der Waals surface area (Å²) in [5.74, 6) is 1.59. The molecule has 4 heteroatoms. The van der Waals surface area contributed by atoms with Crippen LogP contribution in [0.4, 0.5) is 5.69 Å². The molecular weight excluding hydrogens is 288 g/mol. The van der Waals surface area contributed by atoms with Crippen LogP contribution in [0.15, 0.2) is 49.0 Å². The van der Waals surface area contributed by atoms with Crippen molar-refractivity contribution in [3.8, 4) is 11.5 Å². The largest absolute Gasteiger partial charge is 0.497 e. The Labute approximate surface area is 138 Å². The second-order valence-corrected chi connectivity index (χ2v) is 4.62. The highest BCUT2D eigenvalue weighted by Gasteiger charge is 2.05. The molecule has 0 aliphatic carbocycles. The van der Waals surface area contributed by atoms with E-state index in [1.165, 1.54) is 0 Å². The van der Waals surface area contributed by atoms with Gasteiger partial charge in [-0.3, -0.25) is 0 Å². The summed E-state index contributed by atoms with van der Waals surface area (Å²) in [7, 11) is 3.49. The summed E-state index contributed by atoms with van der Waals surface area (Å²) in [4.78, 5) is 0. The average Bonchev–Trinajstić information content (AvgIpc) is 2.61. The Morgan fingerprint density at radius 1 is 1.13 bits per heavy atom.